The van der Waals surface area contributed by atoms with Gasteiger partial charge in [0.1, 0.15) is 5.70 Å². The Morgan fingerprint density at radius 1 is 0.750 bits per heavy atom. The van der Waals surface area contributed by atoms with E-state index in [1.54, 1.807) is 60.7 Å². The van der Waals surface area contributed by atoms with Crippen LogP contribution >= 0.6 is 11.8 Å². The minimum Gasteiger partial charge on any atom is -0.321 e. The van der Waals surface area contributed by atoms with Crippen molar-refractivity contribution >= 4 is 47.2 Å². The number of benzene rings is 4. The number of imide groups is 1. The van der Waals surface area contributed by atoms with Crippen molar-refractivity contribution in [3.8, 4) is 0 Å². The molecule has 7 nitrogen and oxygen atoms in total. The van der Waals surface area contributed by atoms with Gasteiger partial charge >= 0.3 is 0 Å². The fraction of sp³-hybridized carbons (Fsp3) is 0.0625. The Kier molecular flexibility index (Phi) is 8.18. The molecule has 0 bridgehead atoms. The van der Waals surface area contributed by atoms with E-state index >= 15 is 0 Å². The number of amides is 4. The van der Waals surface area contributed by atoms with Crippen molar-refractivity contribution in [3.63, 3.8) is 0 Å². The highest BCUT2D eigenvalue weighted by Gasteiger charge is 2.34. The first-order chi connectivity index (χ1) is 19.5. The van der Waals surface area contributed by atoms with Crippen LogP contribution < -0.4 is 10.6 Å². The molecule has 4 amide bonds. The zero-order valence-electron chi connectivity index (χ0n) is 21.4. The SMILES string of the molecule is O=C(Nc1cccc(SCCN2C(=O)c3ccccc3C2=O)c1)/C(=C\c1ccccc1)NC(=O)c1ccccc1. The van der Waals surface area contributed by atoms with E-state index in [2.05, 4.69) is 10.6 Å². The maximum absolute atomic E-state index is 13.3. The van der Waals surface area contributed by atoms with E-state index in [1.165, 1.54) is 16.7 Å². The highest BCUT2D eigenvalue weighted by atomic mass is 32.2. The molecule has 1 heterocycles. The predicted octanol–water partition coefficient (Wildman–Crippen LogP) is 5.48. The van der Waals surface area contributed by atoms with Gasteiger partial charge < -0.3 is 10.6 Å². The maximum Gasteiger partial charge on any atom is 0.272 e. The molecule has 198 valence electrons. The van der Waals surface area contributed by atoms with E-state index in [9.17, 15) is 19.2 Å². The molecule has 0 fully saturated rings. The Morgan fingerprint density at radius 2 is 1.38 bits per heavy atom. The zero-order valence-corrected chi connectivity index (χ0v) is 22.2. The van der Waals surface area contributed by atoms with Crippen LogP contribution in [0.3, 0.4) is 0 Å². The van der Waals surface area contributed by atoms with Gasteiger partial charge in [-0.05, 0) is 54.1 Å². The molecule has 5 rings (SSSR count). The highest BCUT2D eigenvalue weighted by molar-refractivity contribution is 7.99. The molecule has 8 heteroatoms. The number of anilines is 1. The minimum absolute atomic E-state index is 0.101. The lowest BCUT2D eigenvalue weighted by atomic mass is 10.1. The van der Waals surface area contributed by atoms with Gasteiger partial charge in [-0.1, -0.05) is 66.7 Å². The predicted molar refractivity (Wildman–Crippen MR) is 156 cm³/mol. The summed E-state index contributed by atoms with van der Waals surface area (Å²) in [5, 5.41) is 5.60. The van der Waals surface area contributed by atoms with E-state index in [1.807, 2.05) is 54.6 Å². The van der Waals surface area contributed by atoms with Gasteiger partial charge in [-0.3, -0.25) is 24.1 Å². The number of hydrogen-bond donors (Lipinski definition) is 2. The number of fused-ring (bicyclic) bond motifs is 1. The molecule has 1 aliphatic heterocycles. The van der Waals surface area contributed by atoms with E-state index < -0.39 is 11.8 Å². The fourth-order valence-electron chi connectivity index (χ4n) is 4.22. The lowest BCUT2D eigenvalue weighted by molar-refractivity contribution is -0.113. The van der Waals surface area contributed by atoms with Crippen LogP contribution in [-0.4, -0.2) is 40.8 Å². The Labute approximate surface area is 235 Å². The normalized spacial score (nSPS) is 12.7. The summed E-state index contributed by atoms with van der Waals surface area (Å²) in [6, 6.07) is 32.0. The number of carbonyl (C=O) groups excluding carboxylic acids is 4. The van der Waals surface area contributed by atoms with Crippen molar-refractivity contribution in [2.75, 3.05) is 17.6 Å². The summed E-state index contributed by atoms with van der Waals surface area (Å²) in [4.78, 5) is 53.4. The van der Waals surface area contributed by atoms with Crippen LogP contribution in [0, 0.1) is 0 Å². The van der Waals surface area contributed by atoms with Gasteiger partial charge in [0.15, 0.2) is 0 Å². The molecular weight excluding hydrogens is 522 g/mol. The molecule has 2 N–H and O–H groups in total. The molecule has 4 aromatic rings. The molecule has 0 aliphatic carbocycles. The molecule has 40 heavy (non-hydrogen) atoms. The summed E-state index contributed by atoms with van der Waals surface area (Å²) in [7, 11) is 0. The third-order valence-electron chi connectivity index (χ3n) is 6.19. The summed E-state index contributed by atoms with van der Waals surface area (Å²) >= 11 is 1.47. The van der Waals surface area contributed by atoms with Crippen molar-refractivity contribution in [1.82, 2.24) is 10.2 Å². The number of nitrogens with one attached hydrogen (secondary N) is 2. The molecule has 0 radical (unpaired) electrons. The van der Waals surface area contributed by atoms with Crippen LogP contribution in [0.2, 0.25) is 0 Å². The van der Waals surface area contributed by atoms with Crippen molar-refractivity contribution in [2.24, 2.45) is 0 Å². The second-order valence-corrected chi connectivity index (χ2v) is 10.1. The third-order valence-corrected chi connectivity index (χ3v) is 7.17. The second kappa shape index (κ2) is 12.3. The summed E-state index contributed by atoms with van der Waals surface area (Å²) in [5.74, 6) is -0.929. The number of hydrogen-bond acceptors (Lipinski definition) is 5. The Balaban J connectivity index is 1.25. The molecule has 1 aliphatic rings. The first-order valence-corrected chi connectivity index (χ1v) is 13.6. The lowest BCUT2D eigenvalue weighted by Gasteiger charge is -2.14. The smallest absolute Gasteiger partial charge is 0.272 e. The number of thioether (sulfide) groups is 1. The van der Waals surface area contributed by atoms with E-state index in [4.69, 9.17) is 0 Å². The summed E-state index contributed by atoms with van der Waals surface area (Å²) in [6.07, 6.45) is 1.62. The van der Waals surface area contributed by atoms with Crippen LogP contribution in [0.4, 0.5) is 5.69 Å². The van der Waals surface area contributed by atoms with Gasteiger partial charge in [-0.2, -0.15) is 0 Å². The molecule has 4 aromatic carbocycles. The molecule has 0 saturated heterocycles. The topological polar surface area (TPSA) is 95.6 Å². The molecular formula is C32H25N3O4S. The fourth-order valence-corrected chi connectivity index (χ4v) is 5.11. The van der Waals surface area contributed by atoms with E-state index in [0.717, 1.165) is 10.5 Å². The third kappa shape index (κ3) is 6.19. The van der Waals surface area contributed by atoms with Gasteiger partial charge in [0.05, 0.1) is 11.1 Å². The van der Waals surface area contributed by atoms with Gasteiger partial charge in [0.25, 0.3) is 23.6 Å². The Bertz CT molecular complexity index is 1570. The highest BCUT2D eigenvalue weighted by Crippen LogP contribution is 2.26. The van der Waals surface area contributed by atoms with Crippen LogP contribution in [0.15, 0.2) is 120 Å². The second-order valence-electron chi connectivity index (χ2n) is 8.93. The zero-order chi connectivity index (χ0) is 27.9. The summed E-state index contributed by atoms with van der Waals surface area (Å²) in [5.41, 5.74) is 2.71. The van der Waals surface area contributed by atoms with Crippen molar-refractivity contribution in [1.29, 1.82) is 0 Å². The lowest BCUT2D eigenvalue weighted by Crippen LogP contribution is -2.31. The summed E-state index contributed by atoms with van der Waals surface area (Å²) in [6.45, 7) is 0.267. The van der Waals surface area contributed by atoms with Crippen LogP contribution in [0.25, 0.3) is 6.08 Å². The average molecular weight is 548 g/mol. The summed E-state index contributed by atoms with van der Waals surface area (Å²) < 4.78 is 0. The van der Waals surface area contributed by atoms with Crippen molar-refractivity contribution in [3.05, 3.63) is 137 Å². The number of rotatable bonds is 9. The van der Waals surface area contributed by atoms with E-state index in [0.29, 0.717) is 28.1 Å². The number of carbonyl (C=O) groups is 4. The van der Waals surface area contributed by atoms with Gasteiger partial charge in [-0.25, -0.2) is 0 Å². The first-order valence-electron chi connectivity index (χ1n) is 12.6. The van der Waals surface area contributed by atoms with Crippen molar-refractivity contribution in [2.45, 2.75) is 4.90 Å². The van der Waals surface area contributed by atoms with E-state index in [-0.39, 0.29) is 24.1 Å². The molecule has 0 aromatic heterocycles. The largest absolute Gasteiger partial charge is 0.321 e. The minimum atomic E-state index is -0.471. The average Bonchev–Trinajstić information content (AvgIpc) is 3.23. The van der Waals surface area contributed by atoms with Gasteiger partial charge in [0, 0.05) is 28.4 Å². The monoisotopic (exact) mass is 547 g/mol. The Morgan fingerprint density at radius 3 is 2.05 bits per heavy atom. The van der Waals surface area contributed by atoms with Gasteiger partial charge in [-0.15, -0.1) is 11.8 Å². The van der Waals surface area contributed by atoms with Crippen LogP contribution in [0.1, 0.15) is 36.6 Å². The molecule has 0 atom stereocenters. The molecule has 0 saturated carbocycles. The first kappa shape index (κ1) is 26.6. The van der Waals surface area contributed by atoms with Gasteiger partial charge in [0.2, 0.25) is 0 Å². The van der Waals surface area contributed by atoms with Crippen molar-refractivity contribution < 1.29 is 19.2 Å². The maximum atomic E-state index is 13.3. The number of nitrogens with zero attached hydrogens (tertiary/aromatic N) is 1. The van der Waals surface area contributed by atoms with Crippen LogP contribution in [-0.2, 0) is 4.79 Å². The molecule has 0 spiro atoms. The van der Waals surface area contributed by atoms with Crippen LogP contribution in [0.5, 0.6) is 0 Å². The Hall–Kier alpha value is -4.95. The molecule has 0 unspecified atom stereocenters. The quantitative estimate of drug-likeness (QED) is 0.164. The standard InChI is InChI=1S/C32H25N3O4S/c36-29(23-12-5-2-6-13-23)34-28(20-22-10-3-1-4-11-22)30(37)33-24-14-9-15-25(21-24)40-19-18-35-31(38)26-16-7-8-17-27(26)32(35)39/h1-17,20-21H,18-19H2,(H,33,37)(H,34,36)/b28-20+.